The number of aromatic nitrogens is 2. The van der Waals surface area contributed by atoms with E-state index >= 15 is 0 Å². The standard InChI is InChI=1S/C20H21N3O2S/c1-13-8-9-16(12-14(13)2)23-19(25)17-6-4-5-7-18(17)22-20(23)26-11-10-21-15(3)24/h4-9,12H,10-11H2,1-3H3,(H,21,24). The third-order valence-electron chi connectivity index (χ3n) is 4.20. The highest BCUT2D eigenvalue weighted by molar-refractivity contribution is 7.99. The van der Waals surface area contributed by atoms with Gasteiger partial charge in [-0.25, -0.2) is 4.98 Å². The van der Waals surface area contributed by atoms with Gasteiger partial charge in [0.1, 0.15) is 0 Å². The molecular weight excluding hydrogens is 346 g/mol. The first-order chi connectivity index (χ1) is 12.5. The van der Waals surface area contributed by atoms with Gasteiger partial charge < -0.3 is 5.32 Å². The Morgan fingerprint density at radius 1 is 1.15 bits per heavy atom. The molecule has 1 N–H and O–H groups in total. The molecule has 0 saturated carbocycles. The molecule has 3 rings (SSSR count). The molecule has 3 aromatic rings. The van der Waals surface area contributed by atoms with Gasteiger partial charge in [-0.05, 0) is 49.2 Å². The Kier molecular flexibility index (Phi) is 5.42. The van der Waals surface area contributed by atoms with Crippen LogP contribution in [0.5, 0.6) is 0 Å². The van der Waals surface area contributed by atoms with E-state index < -0.39 is 0 Å². The van der Waals surface area contributed by atoms with Gasteiger partial charge in [-0.15, -0.1) is 0 Å². The molecule has 1 heterocycles. The quantitative estimate of drug-likeness (QED) is 0.427. The first kappa shape index (κ1) is 18.2. The summed E-state index contributed by atoms with van der Waals surface area (Å²) in [6.45, 7) is 6.09. The maximum absolute atomic E-state index is 13.1. The molecule has 1 amide bonds. The van der Waals surface area contributed by atoms with E-state index in [0.717, 1.165) is 11.3 Å². The Hall–Kier alpha value is -2.60. The lowest BCUT2D eigenvalue weighted by Crippen LogP contribution is -2.24. The second-order valence-electron chi connectivity index (χ2n) is 6.15. The van der Waals surface area contributed by atoms with Crippen molar-refractivity contribution in [1.29, 1.82) is 0 Å². The van der Waals surface area contributed by atoms with Crippen LogP contribution in [0, 0.1) is 13.8 Å². The van der Waals surface area contributed by atoms with E-state index in [1.54, 1.807) is 10.6 Å². The minimum atomic E-state index is -0.0825. The second kappa shape index (κ2) is 7.74. The highest BCUT2D eigenvalue weighted by atomic mass is 32.2. The van der Waals surface area contributed by atoms with Gasteiger partial charge >= 0.3 is 0 Å². The van der Waals surface area contributed by atoms with Crippen LogP contribution in [0.4, 0.5) is 0 Å². The van der Waals surface area contributed by atoms with E-state index in [1.165, 1.54) is 24.2 Å². The van der Waals surface area contributed by atoms with Crippen molar-refractivity contribution in [1.82, 2.24) is 14.9 Å². The first-order valence-corrected chi connectivity index (χ1v) is 9.42. The summed E-state index contributed by atoms with van der Waals surface area (Å²) in [4.78, 5) is 28.9. The molecule has 0 atom stereocenters. The fourth-order valence-electron chi connectivity index (χ4n) is 2.67. The molecule has 2 aromatic carbocycles. The number of hydrogen-bond acceptors (Lipinski definition) is 4. The van der Waals surface area contributed by atoms with E-state index in [0.29, 0.717) is 28.4 Å². The Morgan fingerprint density at radius 2 is 1.92 bits per heavy atom. The summed E-state index contributed by atoms with van der Waals surface area (Å²) in [7, 11) is 0. The number of para-hydroxylation sites is 1. The number of hydrogen-bond donors (Lipinski definition) is 1. The van der Waals surface area contributed by atoms with Crippen LogP contribution in [-0.2, 0) is 4.79 Å². The van der Waals surface area contributed by atoms with Gasteiger partial charge in [0, 0.05) is 19.2 Å². The summed E-state index contributed by atoms with van der Waals surface area (Å²) >= 11 is 1.46. The lowest BCUT2D eigenvalue weighted by molar-refractivity contribution is -0.118. The largest absolute Gasteiger partial charge is 0.356 e. The number of benzene rings is 2. The number of carbonyl (C=O) groups is 1. The summed E-state index contributed by atoms with van der Waals surface area (Å²) in [5.74, 6) is 0.568. The van der Waals surface area contributed by atoms with E-state index in [4.69, 9.17) is 4.98 Å². The maximum Gasteiger partial charge on any atom is 0.266 e. The Labute approximate surface area is 156 Å². The van der Waals surface area contributed by atoms with Crippen LogP contribution in [0.25, 0.3) is 16.6 Å². The highest BCUT2D eigenvalue weighted by Crippen LogP contribution is 2.22. The number of amides is 1. The van der Waals surface area contributed by atoms with Crippen molar-refractivity contribution in [3.05, 3.63) is 63.9 Å². The minimum Gasteiger partial charge on any atom is -0.356 e. The van der Waals surface area contributed by atoms with Crippen molar-refractivity contribution in [2.24, 2.45) is 0 Å². The van der Waals surface area contributed by atoms with Crippen LogP contribution in [-0.4, -0.2) is 27.8 Å². The molecule has 0 saturated heterocycles. The van der Waals surface area contributed by atoms with Gasteiger partial charge in [-0.3, -0.25) is 14.2 Å². The van der Waals surface area contributed by atoms with Crippen molar-refractivity contribution in [2.45, 2.75) is 25.9 Å². The molecule has 0 aliphatic carbocycles. The molecule has 0 aliphatic heterocycles. The van der Waals surface area contributed by atoms with Crippen LogP contribution in [0.1, 0.15) is 18.1 Å². The molecule has 0 spiro atoms. The van der Waals surface area contributed by atoms with Gasteiger partial charge in [0.25, 0.3) is 5.56 Å². The minimum absolute atomic E-state index is 0.0661. The summed E-state index contributed by atoms with van der Waals surface area (Å²) in [5.41, 5.74) is 3.70. The molecule has 0 fully saturated rings. The average Bonchev–Trinajstić information content (AvgIpc) is 2.61. The molecule has 134 valence electrons. The number of fused-ring (bicyclic) bond motifs is 1. The second-order valence-corrected chi connectivity index (χ2v) is 7.21. The third kappa shape index (κ3) is 3.80. The molecule has 1 aromatic heterocycles. The van der Waals surface area contributed by atoms with Crippen LogP contribution < -0.4 is 10.9 Å². The summed E-state index contributed by atoms with van der Waals surface area (Å²) in [6, 6.07) is 13.3. The van der Waals surface area contributed by atoms with Gasteiger partial charge in [-0.2, -0.15) is 0 Å². The fourth-order valence-corrected chi connectivity index (χ4v) is 3.54. The van der Waals surface area contributed by atoms with Crippen LogP contribution in [0.2, 0.25) is 0 Å². The van der Waals surface area contributed by atoms with E-state index in [9.17, 15) is 9.59 Å². The molecule has 0 aliphatic rings. The van der Waals surface area contributed by atoms with Crippen molar-refractivity contribution >= 4 is 28.6 Å². The lowest BCUT2D eigenvalue weighted by Gasteiger charge is -2.14. The predicted octanol–water partition coefficient (Wildman–Crippen LogP) is 3.23. The Balaban J connectivity index is 2.09. The van der Waals surface area contributed by atoms with E-state index in [1.807, 2.05) is 50.2 Å². The Bertz CT molecular complexity index is 1030. The van der Waals surface area contributed by atoms with Crippen molar-refractivity contribution in [2.75, 3.05) is 12.3 Å². The zero-order valence-electron chi connectivity index (χ0n) is 15.1. The van der Waals surface area contributed by atoms with Gasteiger partial charge in [0.15, 0.2) is 5.16 Å². The molecule has 5 nitrogen and oxygen atoms in total. The fraction of sp³-hybridized carbons (Fsp3) is 0.250. The number of rotatable bonds is 5. The molecule has 26 heavy (non-hydrogen) atoms. The first-order valence-electron chi connectivity index (χ1n) is 8.44. The summed E-state index contributed by atoms with van der Waals surface area (Å²) in [5, 5.41) is 3.99. The smallest absolute Gasteiger partial charge is 0.266 e. The number of carbonyl (C=O) groups excluding carboxylic acids is 1. The average molecular weight is 367 g/mol. The molecule has 0 unspecified atom stereocenters. The predicted molar refractivity (Wildman–Crippen MR) is 106 cm³/mol. The van der Waals surface area contributed by atoms with Crippen LogP contribution >= 0.6 is 11.8 Å². The van der Waals surface area contributed by atoms with Crippen molar-refractivity contribution in [3.8, 4) is 5.69 Å². The summed E-state index contributed by atoms with van der Waals surface area (Å²) < 4.78 is 1.66. The van der Waals surface area contributed by atoms with Gasteiger partial charge in [0.05, 0.1) is 16.6 Å². The Morgan fingerprint density at radius 3 is 2.65 bits per heavy atom. The highest BCUT2D eigenvalue weighted by Gasteiger charge is 2.13. The van der Waals surface area contributed by atoms with Gasteiger partial charge in [0.2, 0.25) is 5.91 Å². The van der Waals surface area contributed by atoms with E-state index in [-0.39, 0.29) is 11.5 Å². The van der Waals surface area contributed by atoms with Crippen molar-refractivity contribution in [3.63, 3.8) is 0 Å². The van der Waals surface area contributed by atoms with Gasteiger partial charge in [-0.1, -0.05) is 30.0 Å². The maximum atomic E-state index is 13.1. The molecule has 0 bridgehead atoms. The van der Waals surface area contributed by atoms with Crippen LogP contribution in [0.15, 0.2) is 52.4 Å². The zero-order chi connectivity index (χ0) is 18.7. The number of thioether (sulfide) groups is 1. The lowest BCUT2D eigenvalue weighted by atomic mass is 10.1. The molecule has 0 radical (unpaired) electrons. The topological polar surface area (TPSA) is 64.0 Å². The van der Waals surface area contributed by atoms with Crippen LogP contribution in [0.3, 0.4) is 0 Å². The summed E-state index contributed by atoms with van der Waals surface area (Å²) in [6.07, 6.45) is 0. The number of nitrogens with zero attached hydrogens (tertiary/aromatic N) is 2. The molecular formula is C20H21N3O2S. The SMILES string of the molecule is CC(=O)NCCSc1nc2ccccc2c(=O)n1-c1ccc(C)c(C)c1. The number of aryl methyl sites for hydroxylation is 2. The van der Waals surface area contributed by atoms with E-state index in [2.05, 4.69) is 5.32 Å². The van der Waals surface area contributed by atoms with Crippen molar-refractivity contribution < 1.29 is 4.79 Å². The normalized spacial score (nSPS) is 10.9. The monoisotopic (exact) mass is 367 g/mol. The zero-order valence-corrected chi connectivity index (χ0v) is 15.9. The molecule has 6 heteroatoms. The third-order valence-corrected chi connectivity index (χ3v) is 5.14. The number of nitrogens with one attached hydrogen (secondary N) is 1.